The Labute approximate surface area is 228 Å². The Hall–Kier alpha value is -4.11. The van der Waals surface area contributed by atoms with E-state index in [0.29, 0.717) is 23.1 Å². The van der Waals surface area contributed by atoms with Crippen molar-refractivity contribution in [1.29, 1.82) is 0 Å². The molecule has 4 aromatic rings. The smallest absolute Gasteiger partial charge is 0.326 e. The first-order chi connectivity index (χ1) is 18.8. The van der Waals surface area contributed by atoms with Crippen LogP contribution in [0, 0.1) is 5.92 Å². The van der Waals surface area contributed by atoms with Crippen molar-refractivity contribution >= 4 is 21.6 Å². The number of nitrogens with one attached hydrogen (secondary N) is 1. The second-order valence-corrected chi connectivity index (χ2v) is 12.3. The predicted octanol–water partition coefficient (Wildman–Crippen LogP) is 4.71. The molecule has 2 heterocycles. The van der Waals surface area contributed by atoms with Gasteiger partial charge < -0.3 is 15.0 Å². The molecule has 2 aliphatic rings. The number of carbonyl (C=O) groups is 1. The second-order valence-electron chi connectivity index (χ2n) is 10.3. The normalized spacial score (nSPS) is 16.9. The van der Waals surface area contributed by atoms with E-state index in [9.17, 15) is 13.2 Å². The van der Waals surface area contributed by atoms with Gasteiger partial charge in [0, 0.05) is 49.3 Å². The molecule has 1 saturated heterocycles. The lowest BCUT2D eigenvalue weighted by Crippen LogP contribution is -2.51. The summed E-state index contributed by atoms with van der Waals surface area (Å²) in [5, 5.41) is 3.01. The van der Waals surface area contributed by atoms with Gasteiger partial charge in [-0.1, -0.05) is 24.3 Å². The van der Waals surface area contributed by atoms with Crippen LogP contribution in [0.5, 0.6) is 5.75 Å². The van der Waals surface area contributed by atoms with E-state index < -0.39 is 9.84 Å². The lowest BCUT2D eigenvalue weighted by molar-refractivity contribution is 0.207. The van der Waals surface area contributed by atoms with Gasteiger partial charge in [-0.15, -0.1) is 0 Å². The largest absolute Gasteiger partial charge is 0.486 e. The van der Waals surface area contributed by atoms with Crippen molar-refractivity contribution in [3.8, 4) is 17.0 Å². The number of aryl methyl sites for hydroxylation is 1. The Balaban J connectivity index is 1.02. The summed E-state index contributed by atoms with van der Waals surface area (Å²) in [6, 6.07) is 23.0. The number of amides is 1. The molecular formula is C30H30N4O4S. The third-order valence-electron chi connectivity index (χ3n) is 7.43. The van der Waals surface area contributed by atoms with Crippen molar-refractivity contribution in [3.63, 3.8) is 0 Å². The number of anilines is 1. The first kappa shape index (κ1) is 25.2. The zero-order chi connectivity index (χ0) is 27.0. The van der Waals surface area contributed by atoms with E-state index in [2.05, 4.69) is 27.3 Å². The standard InChI is InChI=1S/C30H30N4O4S/c1-39(36,37)26-12-13-27-23(15-26)9-14-29(27)38-25-10-7-22(8-11-25)28-19-34(20-32-28)30(35)31-16-21-17-33(18-21)24-5-3-2-4-6-24/h2-8,10-13,15,19-21,29H,9,14,16-18H2,1H3,(H,31,35)/t29-/m0/s1. The fourth-order valence-corrected chi connectivity index (χ4v) is 5.90. The Bertz CT molecular complexity index is 1590. The lowest BCUT2D eigenvalue weighted by Gasteiger charge is -2.41. The molecule has 0 unspecified atom stereocenters. The fraction of sp³-hybridized carbons (Fsp3) is 0.267. The summed E-state index contributed by atoms with van der Waals surface area (Å²) in [7, 11) is -3.23. The number of hydrogen-bond donors (Lipinski definition) is 1. The van der Waals surface area contributed by atoms with Crippen LogP contribution in [-0.4, -0.2) is 49.9 Å². The molecule has 0 saturated carbocycles. The fourth-order valence-electron chi connectivity index (χ4n) is 5.23. The van der Waals surface area contributed by atoms with E-state index in [0.717, 1.165) is 48.4 Å². The van der Waals surface area contributed by atoms with Crippen molar-refractivity contribution in [2.24, 2.45) is 5.92 Å². The second kappa shape index (κ2) is 10.2. The van der Waals surface area contributed by atoms with Crippen molar-refractivity contribution < 1.29 is 17.9 Å². The van der Waals surface area contributed by atoms with E-state index in [-0.39, 0.29) is 12.1 Å². The summed E-state index contributed by atoms with van der Waals surface area (Å²) in [6.07, 6.45) is 5.96. The summed E-state index contributed by atoms with van der Waals surface area (Å²) in [6.45, 7) is 2.49. The molecule has 0 bridgehead atoms. The number of carbonyl (C=O) groups excluding carboxylic acids is 1. The molecule has 1 N–H and O–H groups in total. The first-order valence-corrected chi connectivity index (χ1v) is 14.9. The minimum atomic E-state index is -3.23. The van der Waals surface area contributed by atoms with Crippen molar-refractivity contribution in [2.45, 2.75) is 23.8 Å². The van der Waals surface area contributed by atoms with Crippen LogP contribution in [0.4, 0.5) is 10.5 Å². The summed E-state index contributed by atoms with van der Waals surface area (Å²) in [5.41, 5.74) is 4.86. The topological polar surface area (TPSA) is 93.5 Å². The number of rotatable bonds is 7. The summed E-state index contributed by atoms with van der Waals surface area (Å²) in [4.78, 5) is 19.7. The van der Waals surface area contributed by atoms with E-state index in [1.54, 1.807) is 18.3 Å². The van der Waals surface area contributed by atoms with Gasteiger partial charge >= 0.3 is 6.03 Å². The maximum absolute atomic E-state index is 12.7. The third kappa shape index (κ3) is 5.40. The van der Waals surface area contributed by atoms with Gasteiger partial charge in [0.25, 0.3) is 0 Å². The maximum Gasteiger partial charge on any atom is 0.326 e. The van der Waals surface area contributed by atoms with Crippen molar-refractivity contribution in [1.82, 2.24) is 14.9 Å². The number of fused-ring (bicyclic) bond motifs is 1. The number of benzene rings is 3. The average Bonchev–Trinajstić information content (AvgIpc) is 3.56. The lowest BCUT2D eigenvalue weighted by atomic mass is 9.99. The molecule has 200 valence electrons. The van der Waals surface area contributed by atoms with Crippen LogP contribution in [0.25, 0.3) is 11.3 Å². The number of sulfone groups is 1. The minimum absolute atomic E-state index is 0.113. The van der Waals surface area contributed by atoms with Crippen LogP contribution >= 0.6 is 0 Å². The SMILES string of the molecule is CS(=O)(=O)c1ccc2c(c1)CC[C@@H]2Oc1ccc(-c2cn(C(=O)NCC3CN(c4ccccc4)C3)cn2)cc1. The zero-order valence-corrected chi connectivity index (χ0v) is 22.5. The van der Waals surface area contributed by atoms with Gasteiger partial charge in [0.1, 0.15) is 18.2 Å². The Kier molecular flexibility index (Phi) is 6.60. The highest BCUT2D eigenvalue weighted by atomic mass is 32.2. The maximum atomic E-state index is 12.7. The molecule has 1 aromatic heterocycles. The number of hydrogen-bond acceptors (Lipinski definition) is 6. The molecule has 3 aromatic carbocycles. The first-order valence-electron chi connectivity index (χ1n) is 13.1. The predicted molar refractivity (Wildman–Crippen MR) is 150 cm³/mol. The van der Waals surface area contributed by atoms with Gasteiger partial charge in [-0.25, -0.2) is 18.2 Å². The summed E-state index contributed by atoms with van der Waals surface area (Å²) in [5.74, 6) is 1.16. The monoisotopic (exact) mass is 542 g/mol. The molecule has 0 radical (unpaired) electrons. The van der Waals surface area contributed by atoms with Crippen LogP contribution in [0.2, 0.25) is 0 Å². The molecule has 8 nitrogen and oxygen atoms in total. The van der Waals surface area contributed by atoms with Crippen LogP contribution in [0.1, 0.15) is 23.7 Å². The Morgan fingerprint density at radius 2 is 1.82 bits per heavy atom. The van der Waals surface area contributed by atoms with Crippen molar-refractivity contribution in [2.75, 3.05) is 30.8 Å². The molecule has 1 fully saturated rings. The van der Waals surface area contributed by atoms with Crippen LogP contribution in [-0.2, 0) is 16.3 Å². The quantitative estimate of drug-likeness (QED) is 0.364. The van der Waals surface area contributed by atoms with E-state index in [4.69, 9.17) is 4.74 Å². The highest BCUT2D eigenvalue weighted by Crippen LogP contribution is 2.36. The molecule has 1 atom stereocenters. The number of ether oxygens (including phenoxy) is 1. The van der Waals surface area contributed by atoms with E-state index >= 15 is 0 Å². The van der Waals surface area contributed by atoms with Gasteiger partial charge in [0.05, 0.1) is 10.6 Å². The van der Waals surface area contributed by atoms with Gasteiger partial charge in [0.15, 0.2) is 9.84 Å². The van der Waals surface area contributed by atoms with E-state index in [1.807, 2.05) is 48.5 Å². The number of aromatic nitrogens is 2. The van der Waals surface area contributed by atoms with Gasteiger partial charge in [-0.05, 0) is 72.5 Å². The third-order valence-corrected chi connectivity index (χ3v) is 8.54. The van der Waals surface area contributed by atoms with Gasteiger partial charge in [-0.2, -0.15) is 0 Å². The molecule has 9 heteroatoms. The van der Waals surface area contributed by atoms with E-state index in [1.165, 1.54) is 22.8 Å². The highest BCUT2D eigenvalue weighted by molar-refractivity contribution is 7.90. The van der Waals surface area contributed by atoms with Crippen LogP contribution in [0.3, 0.4) is 0 Å². The van der Waals surface area contributed by atoms with Gasteiger partial charge in [-0.3, -0.25) is 4.57 Å². The number of nitrogens with zero attached hydrogens (tertiary/aromatic N) is 3. The average molecular weight is 543 g/mol. The molecular weight excluding hydrogens is 512 g/mol. The number of imidazole rings is 1. The molecule has 1 amide bonds. The van der Waals surface area contributed by atoms with Crippen LogP contribution < -0.4 is 15.0 Å². The Morgan fingerprint density at radius 1 is 1.05 bits per heavy atom. The van der Waals surface area contributed by atoms with Crippen molar-refractivity contribution in [3.05, 3.63) is 96.4 Å². The van der Waals surface area contributed by atoms with Crippen LogP contribution in [0.15, 0.2) is 90.2 Å². The molecule has 6 rings (SSSR count). The zero-order valence-electron chi connectivity index (χ0n) is 21.7. The highest BCUT2D eigenvalue weighted by Gasteiger charge is 2.27. The Morgan fingerprint density at radius 3 is 2.56 bits per heavy atom. The summed E-state index contributed by atoms with van der Waals surface area (Å²) >= 11 is 0. The van der Waals surface area contributed by atoms with Gasteiger partial charge in [0.2, 0.25) is 0 Å². The summed E-state index contributed by atoms with van der Waals surface area (Å²) < 4.78 is 31.4. The molecule has 1 aliphatic carbocycles. The molecule has 1 aliphatic heterocycles. The molecule has 39 heavy (non-hydrogen) atoms. The minimum Gasteiger partial charge on any atom is -0.486 e. The molecule has 0 spiro atoms. The number of para-hydroxylation sites is 1.